The van der Waals surface area contributed by atoms with E-state index in [9.17, 15) is 0 Å². The second kappa shape index (κ2) is 6.12. The molecule has 0 bridgehead atoms. The standard InChI is InChI=1S/C17H24N4/c1-10(2)19-17(18)21-13(5)20-16-7-6-14-8-11(3)12(4)9-15(14)16/h8-9,16,20H,5-7H2,1-4H3,(H2,18,21). The van der Waals surface area contributed by atoms with Gasteiger partial charge in [0.25, 0.3) is 0 Å². The third kappa shape index (κ3) is 3.72. The van der Waals surface area contributed by atoms with Crippen LogP contribution >= 0.6 is 0 Å². The van der Waals surface area contributed by atoms with Gasteiger partial charge in [-0.3, -0.25) is 0 Å². The largest absolute Gasteiger partial charge is 0.368 e. The van der Waals surface area contributed by atoms with Crippen molar-refractivity contribution in [3.8, 4) is 0 Å². The van der Waals surface area contributed by atoms with Crippen LogP contribution in [0.15, 0.2) is 34.5 Å². The van der Waals surface area contributed by atoms with Crippen molar-refractivity contribution in [1.82, 2.24) is 5.32 Å². The molecule has 4 heteroatoms. The van der Waals surface area contributed by atoms with E-state index in [0.717, 1.165) is 18.6 Å². The molecule has 1 atom stereocenters. The average Bonchev–Trinajstić information content (AvgIpc) is 2.71. The maximum absolute atomic E-state index is 5.75. The molecule has 0 aromatic heterocycles. The molecule has 0 saturated carbocycles. The molecular formula is C17H24N4. The Hall–Kier alpha value is -2.10. The number of rotatable bonds is 3. The molecule has 0 saturated heterocycles. The minimum atomic E-state index is 0.241. The lowest BCUT2D eigenvalue weighted by Crippen LogP contribution is -2.20. The lowest BCUT2D eigenvalue weighted by Gasteiger charge is -2.16. The third-order valence-corrected chi connectivity index (χ3v) is 3.76. The highest BCUT2D eigenvalue weighted by Gasteiger charge is 2.23. The smallest absolute Gasteiger partial charge is 0.221 e. The monoisotopic (exact) mass is 284 g/mol. The van der Waals surface area contributed by atoms with Crippen LogP contribution in [0.1, 0.15) is 48.6 Å². The Kier molecular flexibility index (Phi) is 4.46. The Morgan fingerprint density at radius 2 is 1.90 bits per heavy atom. The number of guanidine groups is 1. The lowest BCUT2D eigenvalue weighted by atomic mass is 10.0. The van der Waals surface area contributed by atoms with Crippen LogP contribution in [0.25, 0.3) is 0 Å². The van der Waals surface area contributed by atoms with Crippen molar-refractivity contribution in [3.05, 3.63) is 46.8 Å². The van der Waals surface area contributed by atoms with Gasteiger partial charge in [-0.1, -0.05) is 18.7 Å². The van der Waals surface area contributed by atoms with E-state index < -0.39 is 0 Å². The van der Waals surface area contributed by atoms with Crippen molar-refractivity contribution >= 4 is 11.7 Å². The predicted octanol–water partition coefficient (Wildman–Crippen LogP) is 3.15. The zero-order valence-electron chi connectivity index (χ0n) is 13.3. The van der Waals surface area contributed by atoms with Gasteiger partial charge in [0, 0.05) is 5.71 Å². The first-order valence-electron chi connectivity index (χ1n) is 7.28. The van der Waals surface area contributed by atoms with Crippen LogP contribution in [-0.2, 0) is 6.42 Å². The Bertz CT molecular complexity index is 622. The summed E-state index contributed by atoms with van der Waals surface area (Å²) < 4.78 is 0. The number of hydrogen-bond acceptors (Lipinski definition) is 2. The van der Waals surface area contributed by atoms with Crippen molar-refractivity contribution in [2.45, 2.75) is 46.6 Å². The Morgan fingerprint density at radius 1 is 1.24 bits per heavy atom. The van der Waals surface area contributed by atoms with E-state index in [-0.39, 0.29) is 12.0 Å². The van der Waals surface area contributed by atoms with E-state index in [4.69, 9.17) is 5.73 Å². The van der Waals surface area contributed by atoms with E-state index >= 15 is 0 Å². The maximum Gasteiger partial charge on any atom is 0.221 e. The summed E-state index contributed by atoms with van der Waals surface area (Å²) in [6.07, 6.45) is 2.15. The molecule has 0 fully saturated rings. The molecule has 0 aliphatic heterocycles. The minimum absolute atomic E-state index is 0.241. The highest BCUT2D eigenvalue weighted by atomic mass is 15.1. The summed E-state index contributed by atoms with van der Waals surface area (Å²) in [6.45, 7) is 12.0. The molecule has 1 aromatic rings. The molecule has 1 aliphatic carbocycles. The van der Waals surface area contributed by atoms with Crippen molar-refractivity contribution in [1.29, 1.82) is 0 Å². The Labute approximate surface area is 126 Å². The number of fused-ring (bicyclic) bond motifs is 1. The van der Waals surface area contributed by atoms with Gasteiger partial charge in [0.05, 0.1) is 6.04 Å². The number of nitrogens with two attached hydrogens (primary N) is 1. The third-order valence-electron chi connectivity index (χ3n) is 3.76. The Morgan fingerprint density at radius 3 is 2.57 bits per heavy atom. The molecule has 4 nitrogen and oxygen atoms in total. The van der Waals surface area contributed by atoms with Crippen LogP contribution in [0.2, 0.25) is 0 Å². The van der Waals surface area contributed by atoms with Gasteiger partial charge in [0.15, 0.2) is 0 Å². The van der Waals surface area contributed by atoms with Gasteiger partial charge in [-0.15, -0.1) is 0 Å². The molecule has 21 heavy (non-hydrogen) atoms. The van der Waals surface area contributed by atoms with E-state index in [2.05, 4.69) is 47.9 Å². The van der Waals surface area contributed by atoms with Crippen LogP contribution in [0.5, 0.6) is 0 Å². The molecule has 3 N–H and O–H groups in total. The number of benzene rings is 1. The fraction of sp³-hybridized carbons (Fsp3) is 0.412. The minimum Gasteiger partial charge on any atom is -0.368 e. The summed E-state index contributed by atoms with van der Waals surface area (Å²) >= 11 is 0. The molecule has 0 spiro atoms. The van der Waals surface area contributed by atoms with Crippen LogP contribution in [0, 0.1) is 13.8 Å². The molecule has 1 unspecified atom stereocenters. The van der Waals surface area contributed by atoms with Crippen molar-refractivity contribution in [2.24, 2.45) is 15.7 Å². The van der Waals surface area contributed by atoms with Crippen molar-refractivity contribution in [3.63, 3.8) is 0 Å². The quantitative estimate of drug-likeness (QED) is 0.661. The summed E-state index contributed by atoms with van der Waals surface area (Å²) in [5, 5.41) is 3.35. The summed E-state index contributed by atoms with van der Waals surface area (Å²) in [6, 6.07) is 4.82. The van der Waals surface area contributed by atoms with Crippen LogP contribution in [-0.4, -0.2) is 11.7 Å². The van der Waals surface area contributed by atoms with Gasteiger partial charge in [0.1, 0.15) is 5.82 Å². The van der Waals surface area contributed by atoms with Gasteiger partial charge in [0.2, 0.25) is 5.96 Å². The van der Waals surface area contributed by atoms with E-state index in [0.29, 0.717) is 5.82 Å². The van der Waals surface area contributed by atoms with E-state index in [1.165, 1.54) is 22.3 Å². The highest BCUT2D eigenvalue weighted by molar-refractivity contribution is 5.94. The van der Waals surface area contributed by atoms with E-state index in [1.54, 1.807) is 0 Å². The topological polar surface area (TPSA) is 62.8 Å². The number of aliphatic imine (C=N–C) groups is 2. The first-order chi connectivity index (χ1) is 9.86. The summed E-state index contributed by atoms with van der Waals surface area (Å²) in [7, 11) is 0. The SMILES string of the molecule is C=C(/N=C(/N)N=C(C)C)NC1CCc2cc(C)c(C)cc21. The number of nitrogens with one attached hydrogen (secondary N) is 1. The normalized spacial score (nSPS) is 17.3. The number of nitrogens with zero attached hydrogens (tertiary/aromatic N) is 2. The molecule has 0 heterocycles. The first kappa shape index (κ1) is 15.3. The highest BCUT2D eigenvalue weighted by Crippen LogP contribution is 2.33. The number of hydrogen-bond donors (Lipinski definition) is 2. The van der Waals surface area contributed by atoms with Crippen LogP contribution in [0.3, 0.4) is 0 Å². The van der Waals surface area contributed by atoms with Crippen molar-refractivity contribution in [2.75, 3.05) is 0 Å². The molecule has 0 radical (unpaired) electrons. The molecular weight excluding hydrogens is 260 g/mol. The molecule has 1 aromatic carbocycles. The van der Waals surface area contributed by atoms with Gasteiger partial charge in [-0.2, -0.15) is 4.99 Å². The lowest BCUT2D eigenvalue weighted by molar-refractivity contribution is 0.590. The van der Waals surface area contributed by atoms with Crippen LogP contribution in [0.4, 0.5) is 0 Å². The van der Waals surface area contributed by atoms with E-state index in [1.807, 2.05) is 13.8 Å². The maximum atomic E-state index is 5.75. The zero-order valence-corrected chi connectivity index (χ0v) is 13.3. The Balaban J connectivity index is 2.12. The number of aryl methyl sites for hydroxylation is 3. The second-order valence-corrected chi connectivity index (χ2v) is 5.85. The van der Waals surface area contributed by atoms with Crippen LogP contribution < -0.4 is 11.1 Å². The molecule has 2 rings (SSSR count). The summed E-state index contributed by atoms with van der Waals surface area (Å²) in [4.78, 5) is 8.30. The molecule has 0 amide bonds. The molecule has 1 aliphatic rings. The summed E-state index contributed by atoms with van der Waals surface area (Å²) in [5.74, 6) is 0.805. The fourth-order valence-corrected chi connectivity index (χ4v) is 2.67. The van der Waals surface area contributed by atoms with Gasteiger partial charge in [-0.05, 0) is 62.8 Å². The molecule has 112 valence electrons. The predicted molar refractivity (Wildman–Crippen MR) is 89.7 cm³/mol. The zero-order chi connectivity index (χ0) is 15.6. The van der Waals surface area contributed by atoms with Gasteiger partial charge in [-0.25, -0.2) is 4.99 Å². The van der Waals surface area contributed by atoms with Gasteiger partial charge < -0.3 is 11.1 Å². The average molecular weight is 284 g/mol. The van der Waals surface area contributed by atoms with Gasteiger partial charge >= 0.3 is 0 Å². The van der Waals surface area contributed by atoms with Crippen molar-refractivity contribution < 1.29 is 0 Å². The fourth-order valence-electron chi connectivity index (χ4n) is 2.67. The summed E-state index contributed by atoms with van der Waals surface area (Å²) in [5.41, 5.74) is 12.1. The first-order valence-corrected chi connectivity index (χ1v) is 7.28. The second-order valence-electron chi connectivity index (χ2n) is 5.85.